The van der Waals surface area contributed by atoms with Crippen molar-refractivity contribution < 1.29 is 0 Å². The summed E-state index contributed by atoms with van der Waals surface area (Å²) in [6.45, 7) is 20.7. The molecule has 0 nitrogen and oxygen atoms in total. The molecular weight excluding hydrogens is 492 g/mol. The normalized spacial score (nSPS) is 24.0. The first-order valence-corrected chi connectivity index (χ1v) is 16.5. The van der Waals surface area contributed by atoms with E-state index in [1.54, 1.807) is 5.56 Å². The lowest BCUT2D eigenvalue weighted by Crippen LogP contribution is -2.39. The van der Waals surface area contributed by atoms with Crippen molar-refractivity contribution in [1.29, 1.82) is 0 Å². The van der Waals surface area contributed by atoms with E-state index in [2.05, 4.69) is 96.3 Å². The fourth-order valence-electron chi connectivity index (χ4n) is 8.99. The fourth-order valence-corrected chi connectivity index (χ4v) is 8.99. The SMILES string of the molecule is C=C1C=CC(CC(C)(C)C)C(=C)C1CC1=Cc2cccc(-c3cc(C)cc(C)c3CC3CC4(CCCCC4)C3)c2C1. The predicted molar refractivity (Wildman–Crippen MR) is 178 cm³/mol. The number of rotatable bonds is 6. The van der Waals surface area contributed by atoms with Gasteiger partial charge in [0.2, 0.25) is 0 Å². The van der Waals surface area contributed by atoms with Crippen molar-refractivity contribution >= 4 is 6.08 Å². The van der Waals surface area contributed by atoms with E-state index in [1.807, 2.05) is 0 Å². The monoisotopic (exact) mass is 544 g/mol. The molecule has 0 aromatic heterocycles. The summed E-state index contributed by atoms with van der Waals surface area (Å²) in [5, 5.41) is 0. The third-order valence-electron chi connectivity index (χ3n) is 10.9. The van der Waals surface area contributed by atoms with E-state index in [0.29, 0.717) is 22.7 Å². The van der Waals surface area contributed by atoms with E-state index >= 15 is 0 Å². The first-order chi connectivity index (χ1) is 19.5. The molecule has 41 heavy (non-hydrogen) atoms. The van der Waals surface area contributed by atoms with Crippen molar-refractivity contribution in [1.82, 2.24) is 0 Å². The average molecular weight is 545 g/mol. The summed E-state index contributed by atoms with van der Waals surface area (Å²) in [5.41, 5.74) is 15.5. The van der Waals surface area contributed by atoms with Crippen LogP contribution in [-0.4, -0.2) is 0 Å². The lowest BCUT2D eigenvalue weighted by Gasteiger charge is -2.51. The summed E-state index contributed by atoms with van der Waals surface area (Å²) in [7, 11) is 0. The van der Waals surface area contributed by atoms with Gasteiger partial charge in [-0.2, -0.15) is 0 Å². The Kier molecular flexibility index (Phi) is 7.59. The Labute approximate surface area is 250 Å². The molecule has 4 aliphatic rings. The van der Waals surface area contributed by atoms with Crippen molar-refractivity contribution in [2.75, 3.05) is 0 Å². The molecule has 2 atom stereocenters. The van der Waals surface area contributed by atoms with Gasteiger partial charge in [-0.25, -0.2) is 0 Å². The minimum absolute atomic E-state index is 0.291. The highest BCUT2D eigenvalue weighted by Gasteiger charge is 2.44. The van der Waals surface area contributed by atoms with Gasteiger partial charge in [-0.15, -0.1) is 0 Å². The van der Waals surface area contributed by atoms with Crippen molar-refractivity contribution in [3.8, 4) is 11.1 Å². The third kappa shape index (κ3) is 5.86. The van der Waals surface area contributed by atoms with E-state index in [-0.39, 0.29) is 0 Å². The van der Waals surface area contributed by atoms with Gasteiger partial charge in [0.15, 0.2) is 0 Å². The highest BCUT2D eigenvalue weighted by molar-refractivity contribution is 5.80. The second kappa shape index (κ2) is 10.9. The van der Waals surface area contributed by atoms with Crippen LogP contribution in [0.5, 0.6) is 0 Å². The Balaban J connectivity index is 1.22. The van der Waals surface area contributed by atoms with E-state index in [0.717, 1.165) is 25.2 Å². The van der Waals surface area contributed by atoms with Gasteiger partial charge in [0, 0.05) is 5.92 Å². The van der Waals surface area contributed by atoms with Crippen LogP contribution in [0.1, 0.15) is 106 Å². The first-order valence-electron chi connectivity index (χ1n) is 16.5. The lowest BCUT2D eigenvalue weighted by atomic mass is 9.54. The van der Waals surface area contributed by atoms with Crippen LogP contribution in [0, 0.1) is 42.4 Å². The van der Waals surface area contributed by atoms with E-state index in [9.17, 15) is 0 Å². The Hall–Kier alpha value is -2.60. The molecule has 2 aromatic rings. The van der Waals surface area contributed by atoms with Crippen molar-refractivity contribution in [3.05, 3.63) is 100 Å². The average Bonchev–Trinajstić information content (AvgIpc) is 3.31. The van der Waals surface area contributed by atoms with Crippen LogP contribution in [0.25, 0.3) is 17.2 Å². The van der Waals surface area contributed by atoms with Gasteiger partial charge in [-0.3, -0.25) is 0 Å². The number of hydrogen-bond acceptors (Lipinski definition) is 0. The number of benzene rings is 2. The van der Waals surface area contributed by atoms with Crippen LogP contribution < -0.4 is 0 Å². The summed E-state index contributed by atoms with van der Waals surface area (Å²) in [6, 6.07) is 11.9. The maximum absolute atomic E-state index is 4.63. The van der Waals surface area contributed by atoms with Crippen LogP contribution in [-0.2, 0) is 12.8 Å². The highest BCUT2D eigenvalue weighted by atomic mass is 14.5. The summed E-state index contributed by atoms with van der Waals surface area (Å²) < 4.78 is 0. The van der Waals surface area contributed by atoms with E-state index < -0.39 is 0 Å². The van der Waals surface area contributed by atoms with Crippen molar-refractivity contribution in [3.63, 3.8) is 0 Å². The molecule has 0 N–H and O–H groups in total. The van der Waals surface area contributed by atoms with Crippen molar-refractivity contribution in [2.45, 2.75) is 105 Å². The van der Waals surface area contributed by atoms with Gasteiger partial charge in [0.25, 0.3) is 0 Å². The molecule has 0 heterocycles. The van der Waals surface area contributed by atoms with Crippen LogP contribution >= 0.6 is 0 Å². The highest BCUT2D eigenvalue weighted by Crippen LogP contribution is 2.56. The zero-order valence-corrected chi connectivity index (χ0v) is 26.5. The largest absolute Gasteiger partial charge is 0.0986 e. The molecule has 0 heteroatoms. The minimum atomic E-state index is 0.291. The first kappa shape index (κ1) is 28.5. The number of fused-ring (bicyclic) bond motifs is 1. The fraction of sp³-hybridized carbons (Fsp3) is 0.512. The van der Waals surface area contributed by atoms with Crippen LogP contribution in [0.15, 0.2) is 72.4 Å². The molecule has 6 rings (SSSR count). The van der Waals surface area contributed by atoms with Gasteiger partial charge in [-0.05, 0) is 127 Å². The molecule has 0 saturated heterocycles. The smallest absolute Gasteiger partial charge is 0.00827 e. The third-order valence-corrected chi connectivity index (χ3v) is 10.9. The lowest BCUT2D eigenvalue weighted by molar-refractivity contribution is 0.0152. The van der Waals surface area contributed by atoms with Gasteiger partial charge < -0.3 is 0 Å². The molecule has 2 fully saturated rings. The molecule has 2 unspecified atom stereocenters. The zero-order chi connectivity index (χ0) is 28.9. The number of aryl methyl sites for hydroxylation is 2. The van der Waals surface area contributed by atoms with Crippen molar-refractivity contribution in [2.24, 2.45) is 28.6 Å². The van der Waals surface area contributed by atoms with E-state index in [4.69, 9.17) is 0 Å². The molecule has 0 radical (unpaired) electrons. The number of hydrogen-bond donors (Lipinski definition) is 0. The van der Waals surface area contributed by atoms with Crippen LogP contribution in [0.2, 0.25) is 0 Å². The van der Waals surface area contributed by atoms with Gasteiger partial charge in [-0.1, -0.05) is 118 Å². The molecule has 216 valence electrons. The second-order valence-electron chi connectivity index (χ2n) is 15.6. The maximum Gasteiger partial charge on any atom is 0.00827 e. The van der Waals surface area contributed by atoms with Gasteiger partial charge in [0.05, 0.1) is 0 Å². The molecule has 2 aromatic carbocycles. The second-order valence-corrected chi connectivity index (χ2v) is 15.6. The molecule has 0 amide bonds. The Morgan fingerprint density at radius 3 is 2.41 bits per heavy atom. The summed E-state index contributed by atoms with van der Waals surface area (Å²) in [4.78, 5) is 0. The minimum Gasteiger partial charge on any atom is -0.0986 e. The molecule has 0 aliphatic heterocycles. The topological polar surface area (TPSA) is 0 Å². The molecule has 2 saturated carbocycles. The van der Waals surface area contributed by atoms with E-state index in [1.165, 1.54) is 101 Å². The molecule has 0 bridgehead atoms. The predicted octanol–water partition coefficient (Wildman–Crippen LogP) is 11.6. The zero-order valence-electron chi connectivity index (χ0n) is 26.5. The number of allylic oxidation sites excluding steroid dienone is 5. The van der Waals surface area contributed by atoms with Gasteiger partial charge in [0.1, 0.15) is 0 Å². The standard InChI is InChI=1S/C41H52/c1-27-18-29(3)37(23-32-24-41(25-32)16-9-8-10-17-41)39(19-27)35-13-11-12-33-20-31(22-38(33)35)21-36-28(2)14-15-34(30(36)4)26-40(5,6)7/h11-15,18-20,32,34,36H,2,4,8-10,16-17,21-26H2,1,3,5-7H3. The summed E-state index contributed by atoms with van der Waals surface area (Å²) in [6.07, 6.45) is 21.9. The molecule has 1 spiro atoms. The molecular formula is C41H52. The Bertz CT molecular complexity index is 1400. The Morgan fingerprint density at radius 2 is 1.68 bits per heavy atom. The molecule has 4 aliphatic carbocycles. The van der Waals surface area contributed by atoms with Gasteiger partial charge >= 0.3 is 0 Å². The maximum atomic E-state index is 4.63. The summed E-state index contributed by atoms with van der Waals surface area (Å²) >= 11 is 0. The quantitative estimate of drug-likeness (QED) is 0.317. The van der Waals surface area contributed by atoms with Crippen LogP contribution in [0.3, 0.4) is 0 Å². The Morgan fingerprint density at radius 1 is 0.927 bits per heavy atom. The van der Waals surface area contributed by atoms with Crippen LogP contribution in [0.4, 0.5) is 0 Å². The summed E-state index contributed by atoms with van der Waals surface area (Å²) in [5.74, 6) is 1.65.